The number of H-pyrrole nitrogens is 1. The van der Waals surface area contributed by atoms with Gasteiger partial charge in [-0.1, -0.05) is 0 Å². The summed E-state index contributed by atoms with van der Waals surface area (Å²) in [5.41, 5.74) is 2.85. The molecule has 0 unspecified atom stereocenters. The lowest BCUT2D eigenvalue weighted by Gasteiger charge is -2.07. The molecule has 0 aliphatic carbocycles. The molecule has 8 heteroatoms. The van der Waals surface area contributed by atoms with Gasteiger partial charge in [-0.15, -0.1) is 0 Å². The molecule has 3 rings (SSSR count). The number of fused-ring (bicyclic) bond motifs is 1. The van der Waals surface area contributed by atoms with Gasteiger partial charge < -0.3 is 14.2 Å². The number of aromatic amines is 1. The first-order valence-electron chi connectivity index (χ1n) is 8.97. The molecule has 0 aliphatic heterocycles. The van der Waals surface area contributed by atoms with Crippen molar-refractivity contribution >= 4 is 11.6 Å². The van der Waals surface area contributed by atoms with Crippen molar-refractivity contribution in [2.75, 3.05) is 20.8 Å². The Hall–Kier alpha value is -3.29. The van der Waals surface area contributed by atoms with Crippen LogP contribution in [0.25, 0.3) is 16.9 Å². The van der Waals surface area contributed by atoms with Crippen LogP contribution in [0.1, 0.15) is 24.6 Å². The average molecular weight is 385 g/mol. The molecular formula is C20H23N3O5. The fraction of sp³-hybridized carbons (Fsp3) is 0.350. The second-order valence-corrected chi connectivity index (χ2v) is 6.25. The lowest BCUT2D eigenvalue weighted by Crippen LogP contribution is -2.22. The van der Waals surface area contributed by atoms with Crippen LogP contribution >= 0.6 is 0 Å². The molecule has 0 saturated heterocycles. The highest BCUT2D eigenvalue weighted by molar-refractivity contribution is 5.70. The number of hydrogen-bond donors (Lipinski definition) is 1. The molecule has 0 radical (unpaired) electrons. The number of carbonyl (C=O) groups is 1. The summed E-state index contributed by atoms with van der Waals surface area (Å²) >= 11 is 0. The number of methoxy groups -OCH3 is 2. The minimum atomic E-state index is -0.331. The Bertz CT molecular complexity index is 1050. The Morgan fingerprint density at radius 3 is 2.43 bits per heavy atom. The molecule has 2 aromatic heterocycles. The average Bonchev–Trinajstić information content (AvgIpc) is 3.11. The third kappa shape index (κ3) is 3.85. The highest BCUT2D eigenvalue weighted by Crippen LogP contribution is 2.29. The van der Waals surface area contributed by atoms with Crippen molar-refractivity contribution in [3.63, 3.8) is 0 Å². The van der Waals surface area contributed by atoms with Gasteiger partial charge >= 0.3 is 5.97 Å². The van der Waals surface area contributed by atoms with Crippen LogP contribution in [-0.2, 0) is 16.0 Å². The van der Waals surface area contributed by atoms with Crippen LogP contribution in [0.2, 0.25) is 0 Å². The monoisotopic (exact) mass is 385 g/mol. The predicted octanol–water partition coefficient (Wildman–Crippen LogP) is 2.51. The van der Waals surface area contributed by atoms with Gasteiger partial charge in [0.15, 0.2) is 5.65 Å². The Morgan fingerprint density at radius 1 is 1.14 bits per heavy atom. The lowest BCUT2D eigenvalue weighted by molar-refractivity contribution is -0.143. The van der Waals surface area contributed by atoms with Crippen molar-refractivity contribution in [3.05, 3.63) is 45.9 Å². The maximum atomic E-state index is 12.9. The summed E-state index contributed by atoms with van der Waals surface area (Å²) in [5.74, 6) is 0.946. The Balaban J connectivity index is 2.01. The summed E-state index contributed by atoms with van der Waals surface area (Å²) in [6.07, 6.45) is 0.416. The van der Waals surface area contributed by atoms with E-state index in [-0.39, 0.29) is 24.4 Å². The predicted molar refractivity (Wildman–Crippen MR) is 104 cm³/mol. The van der Waals surface area contributed by atoms with Gasteiger partial charge in [0.05, 0.1) is 26.5 Å². The zero-order valence-electron chi connectivity index (χ0n) is 16.4. The Labute approximate surface area is 162 Å². The summed E-state index contributed by atoms with van der Waals surface area (Å²) in [6, 6.07) is 7.24. The number of nitrogens with zero attached hydrogens (tertiary/aromatic N) is 2. The first-order chi connectivity index (χ1) is 13.5. The molecule has 0 atom stereocenters. The maximum Gasteiger partial charge on any atom is 0.306 e. The standard InChI is InChI=1S/C20H23N3O5/c1-5-28-19(24)7-6-16-12(2)21-18-11-17(22-23(18)20(16)25)13-8-14(26-3)10-15(9-13)27-4/h8-11,22H,5-7H2,1-4H3. The number of nitrogens with one attached hydrogen (secondary N) is 1. The number of aromatic nitrogens is 3. The second kappa shape index (κ2) is 8.16. The van der Waals surface area contributed by atoms with Crippen LogP contribution in [0.5, 0.6) is 11.5 Å². The number of hydrogen-bond acceptors (Lipinski definition) is 6. The number of esters is 1. The Morgan fingerprint density at radius 2 is 1.82 bits per heavy atom. The van der Waals surface area contributed by atoms with Crippen LogP contribution < -0.4 is 15.0 Å². The van der Waals surface area contributed by atoms with E-state index in [1.807, 2.05) is 12.1 Å². The third-order valence-electron chi connectivity index (χ3n) is 4.46. The minimum Gasteiger partial charge on any atom is -0.497 e. The van der Waals surface area contributed by atoms with E-state index in [2.05, 4.69) is 10.1 Å². The highest BCUT2D eigenvalue weighted by atomic mass is 16.5. The highest BCUT2D eigenvalue weighted by Gasteiger charge is 2.15. The van der Waals surface area contributed by atoms with Crippen LogP contribution in [-0.4, -0.2) is 41.4 Å². The zero-order chi connectivity index (χ0) is 20.3. The van der Waals surface area contributed by atoms with E-state index < -0.39 is 0 Å². The fourth-order valence-electron chi connectivity index (χ4n) is 3.03. The number of carbonyl (C=O) groups excluding carboxylic acids is 1. The maximum absolute atomic E-state index is 12.9. The first kappa shape index (κ1) is 19.5. The summed E-state index contributed by atoms with van der Waals surface area (Å²) in [4.78, 5) is 29.0. The lowest BCUT2D eigenvalue weighted by atomic mass is 10.1. The molecule has 28 heavy (non-hydrogen) atoms. The number of benzene rings is 1. The zero-order valence-corrected chi connectivity index (χ0v) is 16.4. The minimum absolute atomic E-state index is 0.137. The van der Waals surface area contributed by atoms with Crippen LogP contribution in [0.15, 0.2) is 29.1 Å². The van der Waals surface area contributed by atoms with Gasteiger partial charge in [0.2, 0.25) is 0 Å². The fourth-order valence-corrected chi connectivity index (χ4v) is 3.03. The van der Waals surface area contributed by atoms with E-state index in [1.54, 1.807) is 40.2 Å². The Kier molecular flexibility index (Phi) is 5.67. The van der Waals surface area contributed by atoms with E-state index in [0.29, 0.717) is 40.7 Å². The number of aryl methyl sites for hydroxylation is 1. The molecule has 3 aromatic rings. The number of ether oxygens (including phenoxy) is 3. The van der Waals surface area contributed by atoms with Crippen molar-refractivity contribution in [1.29, 1.82) is 0 Å². The molecule has 1 N–H and O–H groups in total. The molecule has 0 aliphatic rings. The molecule has 0 bridgehead atoms. The third-order valence-corrected chi connectivity index (χ3v) is 4.46. The summed E-state index contributed by atoms with van der Waals surface area (Å²) in [6.45, 7) is 3.83. The topological polar surface area (TPSA) is 94.9 Å². The van der Waals surface area contributed by atoms with Crippen molar-refractivity contribution in [1.82, 2.24) is 14.6 Å². The summed E-state index contributed by atoms with van der Waals surface area (Å²) in [7, 11) is 3.16. The summed E-state index contributed by atoms with van der Waals surface area (Å²) < 4.78 is 16.9. The summed E-state index contributed by atoms with van der Waals surface area (Å²) in [5, 5.41) is 3.08. The molecular weight excluding hydrogens is 362 g/mol. The van der Waals surface area contributed by atoms with Gasteiger partial charge in [-0.3, -0.25) is 14.7 Å². The normalized spacial score (nSPS) is 10.9. The number of rotatable bonds is 7. The SMILES string of the molecule is CCOC(=O)CCc1c(C)nc2cc(-c3cc(OC)cc(OC)c3)[nH]n2c1=O. The molecule has 0 amide bonds. The molecule has 1 aromatic carbocycles. The van der Waals surface area contributed by atoms with Crippen LogP contribution in [0.3, 0.4) is 0 Å². The van der Waals surface area contributed by atoms with Gasteiger partial charge in [0.1, 0.15) is 11.5 Å². The van der Waals surface area contributed by atoms with Gasteiger partial charge in [0.25, 0.3) is 5.56 Å². The van der Waals surface area contributed by atoms with Gasteiger partial charge in [-0.2, -0.15) is 0 Å². The molecule has 0 spiro atoms. The van der Waals surface area contributed by atoms with E-state index in [9.17, 15) is 9.59 Å². The van der Waals surface area contributed by atoms with Crippen molar-refractivity contribution in [3.8, 4) is 22.8 Å². The molecule has 148 valence electrons. The van der Waals surface area contributed by atoms with E-state index >= 15 is 0 Å². The second-order valence-electron chi connectivity index (χ2n) is 6.25. The van der Waals surface area contributed by atoms with E-state index in [1.165, 1.54) is 4.52 Å². The van der Waals surface area contributed by atoms with Crippen LogP contribution in [0, 0.1) is 6.92 Å². The first-order valence-corrected chi connectivity index (χ1v) is 8.97. The largest absolute Gasteiger partial charge is 0.497 e. The van der Waals surface area contributed by atoms with Crippen LogP contribution in [0.4, 0.5) is 0 Å². The quantitative estimate of drug-likeness (QED) is 0.628. The van der Waals surface area contributed by atoms with E-state index in [0.717, 1.165) is 5.56 Å². The molecule has 0 saturated carbocycles. The van der Waals surface area contributed by atoms with Crippen molar-refractivity contribution in [2.24, 2.45) is 0 Å². The smallest absolute Gasteiger partial charge is 0.306 e. The van der Waals surface area contributed by atoms with Crippen molar-refractivity contribution in [2.45, 2.75) is 26.7 Å². The molecule has 0 fully saturated rings. The van der Waals surface area contributed by atoms with Gasteiger partial charge in [0, 0.05) is 35.4 Å². The van der Waals surface area contributed by atoms with Gasteiger partial charge in [-0.25, -0.2) is 9.50 Å². The van der Waals surface area contributed by atoms with E-state index in [4.69, 9.17) is 14.2 Å². The molecule has 2 heterocycles. The molecule has 8 nitrogen and oxygen atoms in total. The van der Waals surface area contributed by atoms with Crippen molar-refractivity contribution < 1.29 is 19.0 Å². The van der Waals surface area contributed by atoms with Gasteiger partial charge in [-0.05, 0) is 32.4 Å².